The number of ether oxygens (including phenoxy) is 6. The molecule has 2 fully saturated rings. The Balaban J connectivity index is 0.879. The van der Waals surface area contributed by atoms with E-state index in [1.807, 2.05) is 0 Å². The van der Waals surface area contributed by atoms with Crippen molar-refractivity contribution in [1.82, 2.24) is 0 Å². The van der Waals surface area contributed by atoms with Gasteiger partial charge in [-0.15, -0.1) is 0 Å². The predicted molar refractivity (Wildman–Crippen MR) is 224 cm³/mol. The number of esters is 2. The number of phenols is 4. The van der Waals surface area contributed by atoms with E-state index < -0.39 is 115 Å². The van der Waals surface area contributed by atoms with Gasteiger partial charge in [0.2, 0.25) is 12.6 Å². The molecule has 0 bridgehead atoms. The first-order valence-corrected chi connectivity index (χ1v) is 20.2. The van der Waals surface area contributed by atoms with E-state index in [4.69, 9.17) is 37.3 Å². The molecule has 67 heavy (non-hydrogen) atoms. The van der Waals surface area contributed by atoms with Crippen LogP contribution in [-0.2, 0) is 28.5 Å². The van der Waals surface area contributed by atoms with E-state index >= 15 is 0 Å². The highest BCUT2D eigenvalue weighted by molar-refractivity contribution is 5.91. The lowest BCUT2D eigenvalue weighted by molar-refractivity contribution is -0.279. The zero-order valence-corrected chi connectivity index (χ0v) is 34.3. The molecule has 0 spiro atoms. The van der Waals surface area contributed by atoms with Gasteiger partial charge in [0, 0.05) is 47.5 Å². The molecule has 6 aromatic rings. The van der Waals surface area contributed by atoms with Crippen LogP contribution in [-0.4, -0.2) is 138 Å². The van der Waals surface area contributed by atoms with Crippen molar-refractivity contribution in [2.75, 3.05) is 13.2 Å². The molecule has 22 nitrogen and oxygen atoms in total. The monoisotopic (exact) mass is 932 g/mol. The van der Waals surface area contributed by atoms with E-state index in [2.05, 4.69) is 0 Å². The van der Waals surface area contributed by atoms with Crippen molar-refractivity contribution in [3.05, 3.63) is 105 Å². The number of benzene rings is 4. The van der Waals surface area contributed by atoms with E-state index in [9.17, 15) is 70.2 Å². The van der Waals surface area contributed by atoms with Crippen LogP contribution in [0.4, 0.5) is 0 Å². The van der Waals surface area contributed by atoms with Crippen LogP contribution >= 0.6 is 0 Å². The van der Waals surface area contributed by atoms with Gasteiger partial charge in [-0.3, -0.25) is 19.2 Å². The summed E-state index contributed by atoms with van der Waals surface area (Å²) in [5.74, 6) is -4.01. The molecule has 0 amide bonds. The molecular formula is C45H40O22. The zero-order valence-electron chi connectivity index (χ0n) is 34.3. The van der Waals surface area contributed by atoms with Crippen molar-refractivity contribution in [3.8, 4) is 57.1 Å². The van der Waals surface area contributed by atoms with E-state index in [0.29, 0.717) is 11.1 Å². The molecule has 2 saturated heterocycles. The van der Waals surface area contributed by atoms with Gasteiger partial charge < -0.3 is 88.3 Å². The number of fused-ring (bicyclic) bond motifs is 2. The maximum absolute atomic E-state index is 13.3. The Bertz CT molecular complexity index is 2710. The zero-order chi connectivity index (χ0) is 47.8. The van der Waals surface area contributed by atoms with Crippen molar-refractivity contribution in [3.63, 3.8) is 0 Å². The largest absolute Gasteiger partial charge is 0.508 e. The van der Waals surface area contributed by atoms with Gasteiger partial charge in [0.1, 0.15) is 136 Å². The average Bonchev–Trinajstić information content (AvgIpc) is 3.28. The molecule has 22 heteroatoms. The standard InChI is InChI=1S/C45H40O22/c46-20-5-1-18(2-6-20)26-13-24(50)36-28(62-26)9-22(48)11-30(36)64-44-42(58)40(56)38(54)32(66-44)16-60-34(52)15-35(53)61-17-33-39(55)41(57)43(59)45(67-33)65-31-12-23(49)10-29-37(31)25(51)14-27(63-29)19-3-7-21(47)8-4-19/h1-14,32-33,38-49,54-59H,15-17H2/t32-,33-,38-,39-,40+,41+,42-,43-,44-,45-/m1/s1. The third kappa shape index (κ3) is 9.82. The maximum atomic E-state index is 13.3. The number of rotatable bonds is 12. The summed E-state index contributed by atoms with van der Waals surface area (Å²) in [6.07, 6.45) is -19.6. The first-order valence-electron chi connectivity index (χ1n) is 20.2. The first kappa shape index (κ1) is 46.3. The molecular weight excluding hydrogens is 892 g/mol. The number of hydrogen-bond donors (Lipinski definition) is 10. The highest BCUT2D eigenvalue weighted by Gasteiger charge is 2.47. The van der Waals surface area contributed by atoms with Crippen LogP contribution in [0.15, 0.2) is 103 Å². The third-order valence-corrected chi connectivity index (χ3v) is 10.8. The van der Waals surface area contributed by atoms with Crippen LogP contribution < -0.4 is 20.3 Å². The number of carbonyl (C=O) groups excluding carboxylic acids is 2. The number of phenolic OH excluding ortho intramolecular Hbond substituents is 4. The SMILES string of the molecule is O=C(CC(=O)OC[C@H]1O[C@@H](Oc2cc(O)cc3oc(-c4ccc(O)cc4)cc(=O)c23)[C@H](O)[C@@H](O)[C@@H]1O)OC[C@H]1O[C@@H](Oc2cc(O)cc3oc(-c4ccc(O)cc4)cc(=O)c23)[C@H](O)[C@@H](O)[C@@H]1O. The summed E-state index contributed by atoms with van der Waals surface area (Å²) in [4.78, 5) is 52.0. The number of aliphatic hydroxyl groups excluding tert-OH is 6. The highest BCUT2D eigenvalue weighted by Crippen LogP contribution is 2.36. The second-order valence-electron chi connectivity index (χ2n) is 15.5. The third-order valence-electron chi connectivity index (χ3n) is 10.8. The second kappa shape index (κ2) is 18.9. The Morgan fingerprint density at radius 1 is 0.478 bits per heavy atom. The van der Waals surface area contributed by atoms with Crippen molar-refractivity contribution in [2.45, 2.75) is 67.8 Å². The Hall–Kier alpha value is -7.28. The summed E-state index contributed by atoms with van der Waals surface area (Å²) in [6, 6.07) is 17.9. The normalized spacial score (nSPS) is 25.1. The molecule has 2 aliphatic heterocycles. The summed E-state index contributed by atoms with van der Waals surface area (Å²) in [5, 5.41) is 104. The lowest BCUT2D eigenvalue weighted by atomic mass is 9.99. The Morgan fingerprint density at radius 3 is 1.22 bits per heavy atom. The van der Waals surface area contributed by atoms with Crippen LogP contribution in [0.1, 0.15) is 6.42 Å². The Kier molecular flexibility index (Phi) is 13.1. The summed E-state index contributed by atoms with van der Waals surface area (Å²) >= 11 is 0. The molecule has 10 atom stereocenters. The van der Waals surface area contributed by atoms with E-state index in [1.54, 1.807) is 0 Å². The van der Waals surface area contributed by atoms with Crippen molar-refractivity contribution in [2.24, 2.45) is 0 Å². The molecule has 4 heterocycles. The summed E-state index contributed by atoms with van der Waals surface area (Å²) in [5.41, 5.74) is -0.794. The van der Waals surface area contributed by atoms with Gasteiger partial charge in [-0.2, -0.15) is 0 Å². The fourth-order valence-corrected chi connectivity index (χ4v) is 7.32. The van der Waals surface area contributed by atoms with Gasteiger partial charge in [-0.05, 0) is 48.5 Å². The first-order chi connectivity index (χ1) is 31.9. The quantitative estimate of drug-likeness (QED) is 0.0593. The maximum Gasteiger partial charge on any atom is 0.317 e. The predicted octanol–water partition coefficient (Wildman–Crippen LogP) is 0.605. The van der Waals surface area contributed by atoms with Crippen LogP contribution in [0, 0.1) is 0 Å². The molecule has 4 aromatic carbocycles. The van der Waals surface area contributed by atoms with E-state index in [1.165, 1.54) is 48.5 Å². The fourth-order valence-electron chi connectivity index (χ4n) is 7.32. The molecule has 0 aliphatic carbocycles. The van der Waals surface area contributed by atoms with Crippen molar-refractivity contribution >= 4 is 33.9 Å². The lowest BCUT2D eigenvalue weighted by Crippen LogP contribution is -2.60. The Morgan fingerprint density at radius 2 is 0.851 bits per heavy atom. The fraction of sp³-hybridized carbons (Fsp3) is 0.289. The van der Waals surface area contributed by atoms with Gasteiger partial charge in [-0.25, -0.2) is 0 Å². The minimum absolute atomic E-state index is 0.0322. The molecule has 0 radical (unpaired) electrons. The molecule has 10 N–H and O–H groups in total. The van der Waals surface area contributed by atoms with Gasteiger partial charge in [0.05, 0.1) is 0 Å². The second-order valence-corrected chi connectivity index (χ2v) is 15.5. The average molecular weight is 933 g/mol. The number of carbonyl (C=O) groups is 2. The molecule has 2 aliphatic rings. The summed E-state index contributed by atoms with van der Waals surface area (Å²) in [6.45, 7) is -1.66. The van der Waals surface area contributed by atoms with Crippen molar-refractivity contribution < 1.29 is 97.9 Å². The minimum atomic E-state index is -1.97. The summed E-state index contributed by atoms with van der Waals surface area (Å²) in [7, 11) is 0. The highest BCUT2D eigenvalue weighted by atomic mass is 16.7. The number of hydrogen-bond acceptors (Lipinski definition) is 22. The van der Waals surface area contributed by atoms with Crippen LogP contribution in [0.2, 0.25) is 0 Å². The number of aliphatic hydroxyl groups is 6. The van der Waals surface area contributed by atoms with E-state index in [0.717, 1.165) is 36.4 Å². The van der Waals surface area contributed by atoms with Crippen LogP contribution in [0.5, 0.6) is 34.5 Å². The molecule has 0 saturated carbocycles. The van der Waals surface area contributed by atoms with Gasteiger partial charge >= 0.3 is 11.9 Å². The Labute approximate surface area is 374 Å². The number of aromatic hydroxyl groups is 4. The lowest BCUT2D eigenvalue weighted by Gasteiger charge is -2.40. The van der Waals surface area contributed by atoms with Gasteiger partial charge in [0.15, 0.2) is 10.9 Å². The minimum Gasteiger partial charge on any atom is -0.508 e. The van der Waals surface area contributed by atoms with Crippen LogP contribution in [0.3, 0.4) is 0 Å². The topological polar surface area (TPSA) is 352 Å². The van der Waals surface area contributed by atoms with Crippen LogP contribution in [0.25, 0.3) is 44.6 Å². The molecule has 2 aromatic heterocycles. The summed E-state index contributed by atoms with van der Waals surface area (Å²) < 4.78 is 44.3. The molecule has 352 valence electrons. The van der Waals surface area contributed by atoms with E-state index in [-0.39, 0.29) is 56.5 Å². The molecule has 8 rings (SSSR count). The molecule has 0 unspecified atom stereocenters. The van der Waals surface area contributed by atoms with Gasteiger partial charge in [-0.1, -0.05) is 0 Å². The smallest absolute Gasteiger partial charge is 0.317 e. The van der Waals surface area contributed by atoms with Gasteiger partial charge in [0.25, 0.3) is 0 Å². The van der Waals surface area contributed by atoms with Crippen molar-refractivity contribution in [1.29, 1.82) is 0 Å².